The molecule has 0 unspecified atom stereocenters. The second kappa shape index (κ2) is 7.38. The summed E-state index contributed by atoms with van der Waals surface area (Å²) < 4.78 is 39.7. The largest absolute Gasteiger partial charge is 0.500 e. The van der Waals surface area contributed by atoms with Gasteiger partial charge < -0.3 is 14.2 Å². The van der Waals surface area contributed by atoms with Crippen LogP contribution >= 0.6 is 0 Å². The lowest BCUT2D eigenvalue weighted by atomic mass is 10.1. The third kappa shape index (κ3) is 4.68. The smallest absolute Gasteiger partial charge is 0.387 e. The molecule has 1 fully saturated rings. The van der Waals surface area contributed by atoms with Gasteiger partial charge in [0.05, 0.1) is 26.4 Å². The van der Waals surface area contributed by atoms with Crippen molar-refractivity contribution in [3.8, 4) is 5.75 Å². The average molecular weight is 299 g/mol. The Labute approximate surface area is 122 Å². The van der Waals surface area contributed by atoms with E-state index in [9.17, 15) is 8.78 Å². The minimum atomic E-state index is -2.82. The van der Waals surface area contributed by atoms with E-state index < -0.39 is 6.61 Å². The van der Waals surface area contributed by atoms with Gasteiger partial charge in [-0.1, -0.05) is 18.7 Å². The predicted octanol–water partition coefficient (Wildman–Crippen LogP) is 2.82. The van der Waals surface area contributed by atoms with E-state index in [2.05, 4.69) is 16.2 Å². The molecule has 116 valence electrons. The summed E-state index contributed by atoms with van der Waals surface area (Å²) in [6.07, 6.45) is -0.176. The van der Waals surface area contributed by atoms with E-state index in [1.54, 1.807) is 19.2 Å². The Morgan fingerprint density at radius 2 is 2.33 bits per heavy atom. The van der Waals surface area contributed by atoms with Crippen molar-refractivity contribution in [3.05, 3.63) is 42.2 Å². The minimum Gasteiger partial charge on any atom is -0.500 e. The average Bonchev–Trinajstić information content (AvgIpc) is 2.47. The van der Waals surface area contributed by atoms with Gasteiger partial charge in [-0.25, -0.2) is 0 Å². The zero-order valence-corrected chi connectivity index (χ0v) is 11.9. The highest BCUT2D eigenvalue weighted by Crippen LogP contribution is 2.26. The summed E-state index contributed by atoms with van der Waals surface area (Å²) >= 11 is 0. The number of morpholine rings is 1. The van der Waals surface area contributed by atoms with Gasteiger partial charge in [0.25, 0.3) is 0 Å². The fourth-order valence-corrected chi connectivity index (χ4v) is 2.25. The van der Waals surface area contributed by atoms with Gasteiger partial charge in [-0.3, -0.25) is 4.90 Å². The maximum atomic E-state index is 12.3. The highest BCUT2D eigenvalue weighted by Gasteiger charge is 2.23. The molecule has 0 N–H and O–H groups in total. The van der Waals surface area contributed by atoms with Crippen molar-refractivity contribution in [2.75, 3.05) is 33.4 Å². The van der Waals surface area contributed by atoms with Crippen molar-refractivity contribution in [3.63, 3.8) is 0 Å². The molecule has 0 aliphatic carbocycles. The fraction of sp³-hybridized carbons (Fsp3) is 0.467. The number of rotatable bonds is 6. The number of hydrogen-bond acceptors (Lipinski definition) is 4. The van der Waals surface area contributed by atoms with E-state index in [1.807, 2.05) is 6.07 Å². The number of nitrogens with zero attached hydrogens (tertiary/aromatic N) is 1. The Kier molecular flexibility index (Phi) is 5.52. The Morgan fingerprint density at radius 3 is 3.05 bits per heavy atom. The molecule has 1 aromatic carbocycles. The van der Waals surface area contributed by atoms with Crippen LogP contribution < -0.4 is 4.74 Å². The first-order valence-electron chi connectivity index (χ1n) is 6.69. The normalized spacial score (nSPS) is 19.5. The minimum absolute atomic E-state index is 0.143. The molecule has 1 atom stereocenters. The van der Waals surface area contributed by atoms with E-state index in [1.165, 1.54) is 6.07 Å². The highest BCUT2D eigenvalue weighted by molar-refractivity contribution is 5.30. The number of ether oxygens (including phenoxy) is 3. The summed E-state index contributed by atoms with van der Waals surface area (Å²) in [6.45, 7) is 3.62. The van der Waals surface area contributed by atoms with Crippen LogP contribution in [0.25, 0.3) is 0 Å². The third-order valence-electron chi connectivity index (χ3n) is 3.29. The molecule has 4 nitrogen and oxygen atoms in total. The maximum absolute atomic E-state index is 12.3. The first kappa shape index (κ1) is 15.7. The van der Waals surface area contributed by atoms with E-state index in [0.29, 0.717) is 25.5 Å². The molecule has 0 spiro atoms. The van der Waals surface area contributed by atoms with Gasteiger partial charge in [0.15, 0.2) is 0 Å². The molecule has 2 rings (SSSR count). The van der Waals surface area contributed by atoms with Gasteiger partial charge in [-0.15, -0.1) is 0 Å². The highest BCUT2D eigenvalue weighted by atomic mass is 19.3. The molecule has 21 heavy (non-hydrogen) atoms. The third-order valence-corrected chi connectivity index (χ3v) is 3.29. The van der Waals surface area contributed by atoms with Crippen LogP contribution in [-0.4, -0.2) is 44.9 Å². The quantitative estimate of drug-likeness (QED) is 0.756. The Bertz CT molecular complexity index is 482. The summed E-state index contributed by atoms with van der Waals surface area (Å²) in [5, 5.41) is 0. The lowest BCUT2D eigenvalue weighted by molar-refractivity contribution is -0.0508. The zero-order chi connectivity index (χ0) is 15.2. The standard InChI is InChI=1S/C15H19F2NO3/c1-11(19-2)9-18-6-7-20-14(10-18)12-4-3-5-13(8-12)21-15(16)17/h3-5,8,14-15H,1,6-7,9-10H2,2H3/t14-/m0/s1. The molecule has 6 heteroatoms. The van der Waals surface area contributed by atoms with Crippen LogP contribution in [0, 0.1) is 0 Å². The van der Waals surface area contributed by atoms with Crippen LogP contribution in [0.1, 0.15) is 11.7 Å². The van der Waals surface area contributed by atoms with Crippen molar-refractivity contribution >= 4 is 0 Å². The van der Waals surface area contributed by atoms with Gasteiger partial charge >= 0.3 is 6.61 Å². The predicted molar refractivity (Wildman–Crippen MR) is 74.4 cm³/mol. The molecule has 0 aromatic heterocycles. The van der Waals surface area contributed by atoms with E-state index in [-0.39, 0.29) is 11.9 Å². The molecule has 0 radical (unpaired) electrons. The van der Waals surface area contributed by atoms with Crippen LogP contribution in [0.15, 0.2) is 36.6 Å². The van der Waals surface area contributed by atoms with E-state index in [0.717, 1.165) is 12.1 Å². The lowest BCUT2D eigenvalue weighted by Gasteiger charge is -2.33. The second-order valence-electron chi connectivity index (χ2n) is 4.79. The van der Waals surface area contributed by atoms with Crippen LogP contribution in [0.3, 0.4) is 0 Å². The van der Waals surface area contributed by atoms with Crippen LogP contribution in [0.5, 0.6) is 5.75 Å². The number of methoxy groups -OCH3 is 1. The van der Waals surface area contributed by atoms with Crippen molar-refractivity contribution in [2.24, 2.45) is 0 Å². The molecule has 1 aliphatic rings. The lowest BCUT2D eigenvalue weighted by Crippen LogP contribution is -2.39. The van der Waals surface area contributed by atoms with Gasteiger partial charge in [0, 0.05) is 13.1 Å². The molecule has 0 bridgehead atoms. The molecular formula is C15H19F2NO3. The summed E-state index contributed by atoms with van der Waals surface area (Å²) in [7, 11) is 1.59. The number of alkyl halides is 2. The summed E-state index contributed by atoms with van der Waals surface area (Å²) in [5.74, 6) is 0.829. The number of hydrogen-bond donors (Lipinski definition) is 0. The van der Waals surface area contributed by atoms with Gasteiger partial charge in [-0.05, 0) is 17.7 Å². The summed E-state index contributed by atoms with van der Waals surface area (Å²) in [5.41, 5.74) is 0.820. The van der Waals surface area contributed by atoms with Crippen LogP contribution in [0.2, 0.25) is 0 Å². The molecule has 0 amide bonds. The van der Waals surface area contributed by atoms with Crippen LogP contribution in [-0.2, 0) is 9.47 Å². The van der Waals surface area contributed by atoms with E-state index >= 15 is 0 Å². The van der Waals surface area contributed by atoms with Crippen molar-refractivity contribution < 1.29 is 23.0 Å². The molecular weight excluding hydrogens is 280 g/mol. The summed E-state index contributed by atoms with van der Waals surface area (Å²) in [4.78, 5) is 2.15. The maximum Gasteiger partial charge on any atom is 0.387 e. The van der Waals surface area contributed by atoms with Crippen molar-refractivity contribution in [1.29, 1.82) is 0 Å². The molecule has 0 saturated carbocycles. The second-order valence-corrected chi connectivity index (χ2v) is 4.79. The van der Waals surface area contributed by atoms with E-state index in [4.69, 9.17) is 9.47 Å². The molecule has 1 aliphatic heterocycles. The number of halogens is 2. The Morgan fingerprint density at radius 1 is 1.52 bits per heavy atom. The zero-order valence-electron chi connectivity index (χ0n) is 11.9. The van der Waals surface area contributed by atoms with Crippen LogP contribution in [0.4, 0.5) is 8.78 Å². The van der Waals surface area contributed by atoms with Gasteiger partial charge in [0.2, 0.25) is 0 Å². The monoisotopic (exact) mass is 299 g/mol. The van der Waals surface area contributed by atoms with Gasteiger partial charge in [0.1, 0.15) is 11.5 Å². The summed E-state index contributed by atoms with van der Waals surface area (Å²) in [6, 6.07) is 6.62. The Balaban J connectivity index is 2.02. The van der Waals surface area contributed by atoms with Crippen molar-refractivity contribution in [1.82, 2.24) is 4.90 Å². The first-order valence-corrected chi connectivity index (χ1v) is 6.69. The fourth-order valence-electron chi connectivity index (χ4n) is 2.25. The SMILES string of the molecule is C=C(CN1CCO[C@H](c2cccc(OC(F)F)c2)C1)OC. The van der Waals surface area contributed by atoms with Gasteiger partial charge in [-0.2, -0.15) is 8.78 Å². The molecule has 1 saturated heterocycles. The number of benzene rings is 1. The topological polar surface area (TPSA) is 30.9 Å². The van der Waals surface area contributed by atoms with Crippen molar-refractivity contribution in [2.45, 2.75) is 12.7 Å². The Hall–Kier alpha value is -1.66. The molecule has 1 aromatic rings. The first-order chi connectivity index (χ1) is 10.1. The molecule has 1 heterocycles.